The molecule has 0 radical (unpaired) electrons. The molecule has 0 fully saturated rings. The Morgan fingerprint density at radius 3 is 1.17 bits per heavy atom. The van der Waals surface area contributed by atoms with Crippen LogP contribution in [0.1, 0.15) is 0 Å². The summed E-state index contributed by atoms with van der Waals surface area (Å²) in [6.07, 6.45) is 0.173. The van der Waals surface area contributed by atoms with E-state index < -0.39 is 32.7 Å². The number of carbonyl (C=O) groups excluding carboxylic acids is 2. The van der Waals surface area contributed by atoms with Crippen LogP contribution in [-0.2, 0) is 38.8 Å². The fraction of sp³-hybridized carbons (Fsp3) is 0. The molecular weight excluding hydrogens is 318 g/mol. The predicted molar refractivity (Wildman–Crippen MR) is 40.7 cm³/mol. The van der Waals surface area contributed by atoms with Crippen LogP contribution in [0.25, 0.3) is 0 Å². The number of carbonyl (C=O) groups is 2. The van der Waals surface area contributed by atoms with E-state index in [0.29, 0.717) is 0 Å². The van der Waals surface area contributed by atoms with Gasteiger partial charge in [-0.05, 0) is 0 Å². The molecule has 0 rings (SSSR count). The van der Waals surface area contributed by atoms with E-state index in [4.69, 9.17) is 0 Å². The molecule has 18 heavy (non-hydrogen) atoms. The summed E-state index contributed by atoms with van der Waals surface area (Å²) in [6, 6.07) is 0. The molecule has 0 saturated heterocycles. The van der Waals surface area contributed by atoms with Crippen molar-refractivity contribution in [2.45, 2.75) is 0 Å². The van der Waals surface area contributed by atoms with Crippen LogP contribution in [0, 0.1) is 0 Å². The molecular formula is C4H2Na2O10S2. The molecule has 10 nitrogen and oxygen atoms in total. The van der Waals surface area contributed by atoms with E-state index in [2.05, 4.69) is 8.37 Å². The van der Waals surface area contributed by atoms with Gasteiger partial charge in [-0.25, -0.2) is 26.4 Å². The molecule has 0 saturated carbocycles. The molecule has 0 aromatic heterocycles. The van der Waals surface area contributed by atoms with Crippen molar-refractivity contribution in [1.29, 1.82) is 0 Å². The zero-order chi connectivity index (χ0) is 13.0. The first-order chi connectivity index (χ1) is 6.99. The fourth-order valence-electron chi connectivity index (χ4n) is 0.393. The first-order valence-electron chi connectivity index (χ1n) is 3.06. The first kappa shape index (κ1) is 23.6. The summed E-state index contributed by atoms with van der Waals surface area (Å²) in [5.41, 5.74) is 0. The third-order valence-electron chi connectivity index (χ3n) is 0.724. The van der Waals surface area contributed by atoms with Crippen molar-refractivity contribution >= 4 is 32.7 Å². The minimum absolute atomic E-state index is 0. The maximum absolute atomic E-state index is 10.4. The zero-order valence-corrected chi connectivity index (χ0v) is 14.7. The minimum Gasteiger partial charge on any atom is -0.716 e. The van der Waals surface area contributed by atoms with Crippen molar-refractivity contribution in [1.82, 2.24) is 0 Å². The molecule has 0 bridgehead atoms. The predicted octanol–water partition coefficient (Wildman–Crippen LogP) is -8.44. The molecule has 0 aromatic carbocycles. The second-order valence-electron chi connectivity index (χ2n) is 1.95. The van der Waals surface area contributed by atoms with E-state index >= 15 is 0 Å². The van der Waals surface area contributed by atoms with Gasteiger partial charge in [0.05, 0.1) is 0 Å². The molecule has 0 unspecified atom stereocenters. The third-order valence-corrected chi connectivity index (χ3v) is 1.46. The maximum atomic E-state index is 10.4. The minimum atomic E-state index is -5.29. The van der Waals surface area contributed by atoms with Gasteiger partial charge in [-0.2, -0.15) is 0 Å². The van der Waals surface area contributed by atoms with Crippen LogP contribution >= 0.6 is 0 Å². The van der Waals surface area contributed by atoms with Gasteiger partial charge >= 0.3 is 71.1 Å². The van der Waals surface area contributed by atoms with Crippen LogP contribution < -0.4 is 59.1 Å². The Kier molecular flexibility index (Phi) is 12.3. The number of hydrogen-bond acceptors (Lipinski definition) is 10. The molecule has 0 atom stereocenters. The van der Waals surface area contributed by atoms with Gasteiger partial charge in [0, 0.05) is 12.2 Å². The van der Waals surface area contributed by atoms with Gasteiger partial charge in [0.15, 0.2) is 0 Å². The quantitative estimate of drug-likeness (QED) is 0.210. The summed E-state index contributed by atoms with van der Waals surface area (Å²) in [5.74, 6) is -3.51. The van der Waals surface area contributed by atoms with Gasteiger partial charge in [0.1, 0.15) is 0 Å². The van der Waals surface area contributed by atoms with E-state index in [1.807, 2.05) is 0 Å². The van der Waals surface area contributed by atoms with Crippen LogP contribution in [0.15, 0.2) is 12.2 Å². The normalized spacial score (nSPS) is 11.0. The van der Waals surface area contributed by atoms with Crippen molar-refractivity contribution < 1.29 is 103 Å². The first-order valence-corrected chi connectivity index (χ1v) is 5.73. The largest absolute Gasteiger partial charge is 1.00 e. The number of hydrogen-bond donors (Lipinski definition) is 0. The number of rotatable bonds is 4. The topological polar surface area (TPSA) is 167 Å². The van der Waals surface area contributed by atoms with Crippen molar-refractivity contribution in [2.75, 3.05) is 0 Å². The summed E-state index contributed by atoms with van der Waals surface area (Å²) in [5, 5.41) is 0. The Morgan fingerprint density at radius 1 is 0.778 bits per heavy atom. The second kappa shape index (κ2) is 9.41. The summed E-state index contributed by atoms with van der Waals surface area (Å²) >= 11 is 0. The van der Waals surface area contributed by atoms with Crippen molar-refractivity contribution in [2.24, 2.45) is 0 Å². The fourth-order valence-corrected chi connectivity index (χ4v) is 0.906. The standard InChI is InChI=1S/C4H4O10S2.2Na/c5-3(13-15(7,8)9)1-2-4(6)14-16(10,11)12;;/h1-2H,(H,7,8,9)(H,10,11,12);;/q;2*+1/p-2/b2-1+;;. The van der Waals surface area contributed by atoms with Gasteiger partial charge < -0.3 is 17.5 Å². The molecule has 92 valence electrons. The Balaban J connectivity index is -0.00000112. The third kappa shape index (κ3) is 16.5. The van der Waals surface area contributed by atoms with E-state index in [1.54, 1.807) is 0 Å². The monoisotopic (exact) mass is 320 g/mol. The van der Waals surface area contributed by atoms with Gasteiger partial charge in [-0.1, -0.05) is 0 Å². The molecule has 0 N–H and O–H groups in total. The average Bonchev–Trinajstić information content (AvgIpc) is 1.94. The summed E-state index contributed by atoms with van der Waals surface area (Å²) in [4.78, 5) is 20.8. The van der Waals surface area contributed by atoms with Crippen LogP contribution in [0.3, 0.4) is 0 Å². The van der Waals surface area contributed by atoms with Gasteiger partial charge in [0.2, 0.25) is 0 Å². The van der Waals surface area contributed by atoms with Gasteiger partial charge in [0.25, 0.3) is 20.8 Å². The van der Waals surface area contributed by atoms with Gasteiger partial charge in [-0.3, -0.25) is 0 Å². The van der Waals surface area contributed by atoms with E-state index in [1.165, 1.54) is 0 Å². The van der Waals surface area contributed by atoms with Crippen LogP contribution in [-0.4, -0.2) is 37.9 Å². The van der Waals surface area contributed by atoms with Crippen LogP contribution in [0.4, 0.5) is 0 Å². The second-order valence-corrected chi connectivity index (χ2v) is 3.92. The average molecular weight is 320 g/mol. The Morgan fingerprint density at radius 2 is 1.00 bits per heavy atom. The zero-order valence-electron chi connectivity index (χ0n) is 9.05. The molecule has 0 aliphatic rings. The van der Waals surface area contributed by atoms with Crippen molar-refractivity contribution in [3.63, 3.8) is 0 Å². The molecule has 0 amide bonds. The van der Waals surface area contributed by atoms with Crippen LogP contribution in [0.2, 0.25) is 0 Å². The summed E-state index contributed by atoms with van der Waals surface area (Å²) < 4.78 is 65.3. The molecule has 0 aromatic rings. The summed E-state index contributed by atoms with van der Waals surface area (Å²) in [7, 11) is -10.6. The Labute approximate surface area is 146 Å². The van der Waals surface area contributed by atoms with Gasteiger partial charge in [-0.15, -0.1) is 0 Å². The van der Waals surface area contributed by atoms with Crippen LogP contribution in [0.5, 0.6) is 0 Å². The van der Waals surface area contributed by atoms with E-state index in [0.717, 1.165) is 0 Å². The molecule has 14 heteroatoms. The molecule has 0 spiro atoms. The SMILES string of the molecule is O=C(/C=C/C(=O)OS(=O)(=O)[O-])OS(=O)(=O)[O-].[Na+].[Na+]. The Bertz CT molecular complexity index is 468. The molecule has 0 aliphatic heterocycles. The Hall–Kier alpha value is 0.500. The van der Waals surface area contributed by atoms with Crippen molar-refractivity contribution in [3.05, 3.63) is 12.2 Å². The van der Waals surface area contributed by atoms with E-state index in [9.17, 15) is 35.5 Å². The van der Waals surface area contributed by atoms with E-state index in [-0.39, 0.29) is 71.3 Å². The molecule has 0 aliphatic carbocycles. The van der Waals surface area contributed by atoms with Crippen molar-refractivity contribution in [3.8, 4) is 0 Å². The maximum Gasteiger partial charge on any atom is 1.00 e. The molecule has 0 heterocycles. The summed E-state index contributed by atoms with van der Waals surface area (Å²) in [6.45, 7) is 0. The smallest absolute Gasteiger partial charge is 0.716 e.